The number of ketones is 1. The summed E-state index contributed by atoms with van der Waals surface area (Å²) in [4.78, 5) is 15.1. The van der Waals surface area contributed by atoms with E-state index >= 15 is 0 Å². The average Bonchev–Trinajstić information content (AvgIpc) is 2.68. The number of sulfone groups is 1. The molecule has 1 saturated carbocycles. The van der Waals surface area contributed by atoms with Crippen LogP contribution in [0.15, 0.2) is 24.3 Å². The van der Waals surface area contributed by atoms with Gasteiger partial charge in [-0.2, -0.15) is 0 Å². The summed E-state index contributed by atoms with van der Waals surface area (Å²) in [5.74, 6) is 0.843. The molecule has 1 saturated heterocycles. The molecule has 0 amide bonds. The van der Waals surface area contributed by atoms with Crippen molar-refractivity contribution in [3.05, 3.63) is 29.8 Å². The average molecular weight is 436 g/mol. The highest BCUT2D eigenvalue weighted by Crippen LogP contribution is 2.32. The van der Waals surface area contributed by atoms with Gasteiger partial charge in [0.05, 0.1) is 23.2 Å². The third kappa shape index (κ3) is 6.07. The molecule has 30 heavy (non-hydrogen) atoms. The summed E-state index contributed by atoms with van der Waals surface area (Å²) in [6.45, 7) is 9.47. The number of carbonyl (C=O) groups excluding carboxylic acids is 1. The molecule has 0 spiro atoms. The Morgan fingerprint density at radius 3 is 2.13 bits per heavy atom. The third-order valence-electron chi connectivity index (χ3n) is 6.59. The fourth-order valence-electron chi connectivity index (χ4n) is 4.73. The van der Waals surface area contributed by atoms with E-state index in [1.165, 1.54) is 5.69 Å². The molecule has 0 N–H and O–H groups in total. The molecule has 0 bridgehead atoms. The zero-order chi connectivity index (χ0) is 21.9. The van der Waals surface area contributed by atoms with Gasteiger partial charge < -0.3 is 9.64 Å². The van der Waals surface area contributed by atoms with Crippen molar-refractivity contribution in [2.24, 2.45) is 11.8 Å². The Labute approximate surface area is 182 Å². The van der Waals surface area contributed by atoms with Crippen LogP contribution in [0.4, 0.5) is 5.69 Å². The molecule has 1 aliphatic heterocycles. The van der Waals surface area contributed by atoms with Gasteiger partial charge in [0.2, 0.25) is 0 Å². The van der Waals surface area contributed by atoms with Gasteiger partial charge in [0.15, 0.2) is 9.84 Å². The first-order valence-electron chi connectivity index (χ1n) is 11.4. The first-order valence-corrected chi connectivity index (χ1v) is 13.1. The maximum Gasteiger partial charge on any atom is 0.152 e. The number of benzene rings is 1. The quantitative estimate of drug-likeness (QED) is 0.647. The lowest BCUT2D eigenvalue weighted by atomic mass is 9.79. The molecule has 1 aromatic rings. The summed E-state index contributed by atoms with van der Waals surface area (Å²) >= 11 is 0. The summed E-state index contributed by atoms with van der Waals surface area (Å²) in [6.07, 6.45) is 4.23. The molecule has 2 fully saturated rings. The van der Waals surface area contributed by atoms with Crippen molar-refractivity contribution < 1.29 is 17.9 Å². The van der Waals surface area contributed by atoms with Crippen LogP contribution in [0.3, 0.4) is 0 Å². The number of nitrogens with zero attached hydrogens (tertiary/aromatic N) is 1. The predicted molar refractivity (Wildman–Crippen MR) is 122 cm³/mol. The molecular formula is C24H37NO4S. The maximum atomic E-state index is 12.8. The van der Waals surface area contributed by atoms with Crippen molar-refractivity contribution in [3.8, 4) is 0 Å². The molecule has 3 rings (SSSR count). The Morgan fingerprint density at radius 1 is 1.03 bits per heavy atom. The SMILES string of the molecule is CC(C)S(=O)(=O)CC1CCC(C(=O)Cc2ccc(N3C[C@@H](C)O[C@H](C)C3)cc2)CC1. The number of hydrogen-bond donors (Lipinski definition) is 0. The molecule has 0 aromatic heterocycles. The Kier molecular flexibility index (Phi) is 7.61. The number of rotatable bonds is 7. The summed E-state index contributed by atoms with van der Waals surface area (Å²) < 4.78 is 30.1. The summed E-state index contributed by atoms with van der Waals surface area (Å²) in [5, 5.41) is -0.316. The van der Waals surface area contributed by atoms with E-state index in [2.05, 4.69) is 43.0 Å². The molecule has 2 aliphatic rings. The van der Waals surface area contributed by atoms with E-state index in [0.29, 0.717) is 12.2 Å². The predicted octanol–water partition coefficient (Wildman–Crippen LogP) is 4.04. The van der Waals surface area contributed by atoms with Gasteiger partial charge in [-0.15, -0.1) is 0 Å². The maximum absolute atomic E-state index is 12.8. The number of hydrogen-bond acceptors (Lipinski definition) is 5. The van der Waals surface area contributed by atoms with Crippen LogP contribution in [-0.2, 0) is 25.8 Å². The van der Waals surface area contributed by atoms with Gasteiger partial charge in [-0.1, -0.05) is 12.1 Å². The molecule has 0 unspecified atom stereocenters. The van der Waals surface area contributed by atoms with Crippen molar-refractivity contribution >= 4 is 21.3 Å². The number of ether oxygens (including phenoxy) is 1. The Hall–Kier alpha value is -1.40. The summed E-state index contributed by atoms with van der Waals surface area (Å²) in [7, 11) is -3.00. The molecule has 168 valence electrons. The second-order valence-corrected chi connectivity index (χ2v) is 12.2. The van der Waals surface area contributed by atoms with E-state index in [0.717, 1.165) is 44.3 Å². The van der Waals surface area contributed by atoms with Gasteiger partial charge in [-0.25, -0.2) is 8.42 Å². The van der Waals surface area contributed by atoms with Crippen molar-refractivity contribution in [2.45, 2.75) is 77.3 Å². The standard InChI is InChI=1S/C24H37NO4S/c1-17(2)30(27,28)16-21-5-9-22(10-6-21)24(26)13-20-7-11-23(12-8-20)25-14-18(3)29-19(4)15-25/h7-8,11-12,17-19,21-22H,5-6,9-10,13-16H2,1-4H3/t18-,19-,21?,22?/m1/s1. The minimum absolute atomic E-state index is 0.0728. The minimum Gasteiger partial charge on any atom is -0.372 e. The minimum atomic E-state index is -3.00. The van der Waals surface area contributed by atoms with E-state index in [4.69, 9.17) is 4.74 Å². The zero-order valence-electron chi connectivity index (χ0n) is 18.8. The highest BCUT2D eigenvalue weighted by molar-refractivity contribution is 7.91. The number of carbonyl (C=O) groups is 1. The highest BCUT2D eigenvalue weighted by Gasteiger charge is 2.30. The van der Waals surface area contributed by atoms with Crippen molar-refractivity contribution in [2.75, 3.05) is 23.7 Å². The molecule has 1 heterocycles. The highest BCUT2D eigenvalue weighted by atomic mass is 32.2. The number of Topliss-reactive ketones (excluding diaryl/α,β-unsaturated/α-hetero) is 1. The third-order valence-corrected chi connectivity index (χ3v) is 8.96. The molecule has 5 nitrogen and oxygen atoms in total. The van der Waals surface area contributed by atoms with Crippen LogP contribution in [0, 0.1) is 11.8 Å². The fourth-order valence-corrected chi connectivity index (χ4v) is 6.11. The summed E-state index contributed by atoms with van der Waals surface area (Å²) in [6, 6.07) is 8.36. The van der Waals surface area contributed by atoms with Crippen molar-refractivity contribution in [3.63, 3.8) is 0 Å². The van der Waals surface area contributed by atoms with Gasteiger partial charge in [-0.3, -0.25) is 4.79 Å². The van der Waals surface area contributed by atoms with Crippen LogP contribution in [0.5, 0.6) is 0 Å². The lowest BCUT2D eigenvalue weighted by molar-refractivity contribution is -0.123. The molecular weight excluding hydrogens is 398 g/mol. The molecule has 2 atom stereocenters. The van der Waals surface area contributed by atoms with Gasteiger partial charge >= 0.3 is 0 Å². The number of morpholine rings is 1. The van der Waals surface area contributed by atoms with Crippen LogP contribution >= 0.6 is 0 Å². The molecule has 0 radical (unpaired) electrons. The van der Waals surface area contributed by atoms with E-state index in [1.54, 1.807) is 13.8 Å². The lowest BCUT2D eigenvalue weighted by Gasteiger charge is -2.36. The van der Waals surface area contributed by atoms with Crippen molar-refractivity contribution in [1.82, 2.24) is 0 Å². The molecule has 1 aromatic carbocycles. The smallest absolute Gasteiger partial charge is 0.152 e. The molecule has 1 aliphatic carbocycles. The number of anilines is 1. The second kappa shape index (κ2) is 9.82. The first-order chi connectivity index (χ1) is 14.1. The monoisotopic (exact) mass is 435 g/mol. The van der Waals surface area contributed by atoms with Gasteiger partial charge in [-0.05, 0) is 77.0 Å². The van der Waals surface area contributed by atoms with Gasteiger partial charge in [0.1, 0.15) is 5.78 Å². The Bertz CT molecular complexity index is 800. The second-order valence-electron chi connectivity index (χ2n) is 9.57. The van der Waals surface area contributed by atoms with Crippen LogP contribution in [0.2, 0.25) is 0 Å². The lowest BCUT2D eigenvalue weighted by Crippen LogP contribution is -2.45. The largest absolute Gasteiger partial charge is 0.372 e. The Balaban J connectivity index is 1.50. The normalized spacial score (nSPS) is 28.0. The zero-order valence-corrected chi connectivity index (χ0v) is 19.7. The van der Waals surface area contributed by atoms with E-state index in [-0.39, 0.29) is 35.0 Å². The molecule has 6 heteroatoms. The van der Waals surface area contributed by atoms with Gasteiger partial charge in [0.25, 0.3) is 0 Å². The van der Waals surface area contributed by atoms with E-state index in [1.807, 2.05) is 0 Å². The van der Waals surface area contributed by atoms with Crippen molar-refractivity contribution in [1.29, 1.82) is 0 Å². The van der Waals surface area contributed by atoms with Crippen LogP contribution < -0.4 is 4.90 Å². The van der Waals surface area contributed by atoms with Crippen LogP contribution in [0.1, 0.15) is 58.9 Å². The van der Waals surface area contributed by atoms with Crippen LogP contribution in [0.25, 0.3) is 0 Å². The van der Waals surface area contributed by atoms with Crippen LogP contribution in [-0.4, -0.2) is 50.5 Å². The Morgan fingerprint density at radius 2 is 1.60 bits per heavy atom. The van der Waals surface area contributed by atoms with E-state index in [9.17, 15) is 13.2 Å². The van der Waals surface area contributed by atoms with E-state index < -0.39 is 9.84 Å². The summed E-state index contributed by atoms with van der Waals surface area (Å²) in [5.41, 5.74) is 2.24. The first kappa shape index (κ1) is 23.3. The fraction of sp³-hybridized carbons (Fsp3) is 0.708. The van der Waals surface area contributed by atoms with Gasteiger partial charge in [0, 0.05) is 31.1 Å². The topological polar surface area (TPSA) is 63.7 Å².